The van der Waals surface area contributed by atoms with E-state index in [2.05, 4.69) is 26.1 Å². The molecule has 2 aromatic heterocycles. The molecule has 0 unspecified atom stereocenters. The maximum Gasteiger partial charge on any atom is 0.332 e. The number of hydrogen-bond acceptors (Lipinski definition) is 5. The fourth-order valence-corrected chi connectivity index (χ4v) is 3.66. The Morgan fingerprint density at radius 3 is 2.69 bits per heavy atom. The predicted molar refractivity (Wildman–Crippen MR) is 114 cm³/mol. The van der Waals surface area contributed by atoms with Gasteiger partial charge in [-0.25, -0.2) is 4.79 Å². The standard InChI is InChI=1S/C21H19BrN4O3/c1-3-13(2)26-20(27)16-9-4-5-10-17(16)25(21(26)28)12-18-23-19(24-29-18)14-7-6-8-15(22)11-14/h4-11,13H,3,12H2,1-2H3/t13-/m1/s1. The highest BCUT2D eigenvalue weighted by molar-refractivity contribution is 9.10. The number of aromatic nitrogens is 4. The van der Waals surface area contributed by atoms with E-state index in [0.717, 1.165) is 10.0 Å². The van der Waals surface area contributed by atoms with Crippen LogP contribution < -0.4 is 11.2 Å². The number of para-hydroxylation sites is 1. The number of benzene rings is 2. The molecule has 0 aliphatic carbocycles. The lowest BCUT2D eigenvalue weighted by atomic mass is 10.2. The molecule has 0 saturated carbocycles. The second kappa shape index (κ2) is 7.79. The van der Waals surface area contributed by atoms with Crippen LogP contribution in [0.1, 0.15) is 32.2 Å². The van der Waals surface area contributed by atoms with Gasteiger partial charge in [-0.1, -0.05) is 52.3 Å². The third-order valence-electron chi connectivity index (χ3n) is 4.96. The first-order valence-electron chi connectivity index (χ1n) is 9.32. The molecule has 0 spiro atoms. The van der Waals surface area contributed by atoms with Crippen molar-refractivity contribution in [2.24, 2.45) is 0 Å². The molecule has 4 rings (SSSR count). The summed E-state index contributed by atoms with van der Waals surface area (Å²) in [7, 11) is 0. The van der Waals surface area contributed by atoms with Gasteiger partial charge in [-0.15, -0.1) is 0 Å². The van der Waals surface area contributed by atoms with Crippen LogP contribution in [0.5, 0.6) is 0 Å². The van der Waals surface area contributed by atoms with Crippen LogP contribution in [0.25, 0.3) is 22.3 Å². The summed E-state index contributed by atoms with van der Waals surface area (Å²) in [6.07, 6.45) is 0.668. The largest absolute Gasteiger partial charge is 0.337 e. The van der Waals surface area contributed by atoms with E-state index in [1.807, 2.05) is 38.1 Å². The van der Waals surface area contributed by atoms with E-state index in [1.165, 1.54) is 9.13 Å². The fraction of sp³-hybridized carbons (Fsp3) is 0.238. The van der Waals surface area contributed by atoms with Gasteiger partial charge in [0.1, 0.15) is 6.54 Å². The molecule has 0 saturated heterocycles. The summed E-state index contributed by atoms with van der Waals surface area (Å²) in [6.45, 7) is 3.88. The summed E-state index contributed by atoms with van der Waals surface area (Å²) in [6, 6.07) is 14.4. The molecule has 1 atom stereocenters. The molecule has 8 heteroatoms. The van der Waals surface area contributed by atoms with Crippen LogP contribution in [0, 0.1) is 0 Å². The van der Waals surface area contributed by atoms with Gasteiger partial charge in [-0.05, 0) is 37.6 Å². The van der Waals surface area contributed by atoms with Gasteiger partial charge in [0.2, 0.25) is 11.7 Å². The van der Waals surface area contributed by atoms with Crippen LogP contribution in [-0.4, -0.2) is 19.3 Å². The van der Waals surface area contributed by atoms with Gasteiger partial charge >= 0.3 is 5.69 Å². The normalized spacial score (nSPS) is 12.4. The average Bonchev–Trinajstić information content (AvgIpc) is 3.20. The number of fused-ring (bicyclic) bond motifs is 1. The van der Waals surface area contributed by atoms with Crippen molar-refractivity contribution in [3.63, 3.8) is 0 Å². The summed E-state index contributed by atoms with van der Waals surface area (Å²) >= 11 is 3.43. The molecule has 0 aliphatic heterocycles. The Bertz CT molecular complexity index is 1310. The highest BCUT2D eigenvalue weighted by Crippen LogP contribution is 2.21. The minimum atomic E-state index is -0.384. The molecule has 0 aliphatic rings. The van der Waals surface area contributed by atoms with Gasteiger partial charge in [0.15, 0.2) is 0 Å². The Balaban J connectivity index is 1.83. The lowest BCUT2D eigenvalue weighted by molar-refractivity contribution is 0.367. The average molecular weight is 455 g/mol. The minimum absolute atomic E-state index is 0.0804. The third kappa shape index (κ3) is 3.55. The van der Waals surface area contributed by atoms with Crippen LogP contribution in [0.4, 0.5) is 0 Å². The molecule has 2 aromatic carbocycles. The molecular weight excluding hydrogens is 436 g/mol. The Labute approximate surface area is 174 Å². The van der Waals surface area contributed by atoms with Crippen molar-refractivity contribution in [3.05, 3.63) is 79.7 Å². The van der Waals surface area contributed by atoms with Crippen LogP contribution in [0.2, 0.25) is 0 Å². The van der Waals surface area contributed by atoms with E-state index < -0.39 is 0 Å². The fourth-order valence-electron chi connectivity index (χ4n) is 3.26. The molecule has 148 valence electrons. The highest BCUT2D eigenvalue weighted by Gasteiger charge is 2.18. The van der Waals surface area contributed by atoms with E-state index in [0.29, 0.717) is 29.0 Å². The second-order valence-electron chi connectivity index (χ2n) is 6.84. The number of halogens is 1. The Morgan fingerprint density at radius 2 is 1.93 bits per heavy atom. The van der Waals surface area contributed by atoms with Gasteiger partial charge in [0, 0.05) is 16.1 Å². The first-order chi connectivity index (χ1) is 14.0. The van der Waals surface area contributed by atoms with E-state index >= 15 is 0 Å². The zero-order chi connectivity index (χ0) is 20.5. The van der Waals surface area contributed by atoms with Crippen molar-refractivity contribution < 1.29 is 4.52 Å². The van der Waals surface area contributed by atoms with Gasteiger partial charge in [0.05, 0.1) is 10.9 Å². The van der Waals surface area contributed by atoms with Gasteiger partial charge in [0.25, 0.3) is 5.56 Å². The molecule has 0 bridgehead atoms. The zero-order valence-electron chi connectivity index (χ0n) is 16.0. The van der Waals surface area contributed by atoms with E-state index in [-0.39, 0.29) is 23.8 Å². The molecule has 0 N–H and O–H groups in total. The van der Waals surface area contributed by atoms with Crippen LogP contribution in [-0.2, 0) is 6.54 Å². The number of hydrogen-bond donors (Lipinski definition) is 0. The van der Waals surface area contributed by atoms with Gasteiger partial charge in [-0.3, -0.25) is 13.9 Å². The van der Waals surface area contributed by atoms with Crippen molar-refractivity contribution in [3.8, 4) is 11.4 Å². The van der Waals surface area contributed by atoms with Crippen molar-refractivity contribution in [1.82, 2.24) is 19.3 Å². The number of nitrogens with zero attached hydrogens (tertiary/aromatic N) is 4. The summed E-state index contributed by atoms with van der Waals surface area (Å²) in [4.78, 5) is 30.5. The molecule has 4 aromatic rings. The quantitative estimate of drug-likeness (QED) is 0.455. The Hall–Kier alpha value is -3.00. The number of rotatable bonds is 5. The highest BCUT2D eigenvalue weighted by atomic mass is 79.9. The molecule has 2 heterocycles. The molecule has 0 fully saturated rings. The Kier molecular flexibility index (Phi) is 5.19. The first kappa shape index (κ1) is 19.3. The second-order valence-corrected chi connectivity index (χ2v) is 7.76. The van der Waals surface area contributed by atoms with E-state index in [4.69, 9.17) is 4.52 Å². The van der Waals surface area contributed by atoms with Crippen molar-refractivity contribution in [1.29, 1.82) is 0 Å². The Morgan fingerprint density at radius 1 is 1.14 bits per heavy atom. The molecule has 29 heavy (non-hydrogen) atoms. The predicted octanol–water partition coefficient (Wildman–Crippen LogP) is 4.00. The van der Waals surface area contributed by atoms with Crippen LogP contribution in [0.3, 0.4) is 0 Å². The monoisotopic (exact) mass is 454 g/mol. The first-order valence-corrected chi connectivity index (χ1v) is 10.1. The lowest BCUT2D eigenvalue weighted by Gasteiger charge is -2.16. The van der Waals surface area contributed by atoms with E-state index in [9.17, 15) is 9.59 Å². The summed E-state index contributed by atoms with van der Waals surface area (Å²) in [5, 5.41) is 4.52. The summed E-state index contributed by atoms with van der Waals surface area (Å²) in [5.41, 5.74) is 0.683. The maximum atomic E-state index is 13.2. The topological polar surface area (TPSA) is 82.9 Å². The molecule has 0 radical (unpaired) electrons. The van der Waals surface area contributed by atoms with Crippen molar-refractivity contribution >= 4 is 26.8 Å². The van der Waals surface area contributed by atoms with Crippen LogP contribution in [0.15, 0.2) is 67.1 Å². The third-order valence-corrected chi connectivity index (χ3v) is 5.45. The smallest absolute Gasteiger partial charge is 0.332 e. The molecule has 0 amide bonds. The van der Waals surface area contributed by atoms with Crippen LogP contribution >= 0.6 is 15.9 Å². The lowest BCUT2D eigenvalue weighted by Crippen LogP contribution is -2.41. The summed E-state index contributed by atoms with van der Waals surface area (Å²) < 4.78 is 9.12. The van der Waals surface area contributed by atoms with E-state index in [1.54, 1.807) is 24.3 Å². The maximum absolute atomic E-state index is 13.2. The summed E-state index contributed by atoms with van der Waals surface area (Å²) in [5.74, 6) is 0.732. The SMILES string of the molecule is CC[C@@H](C)n1c(=O)c2ccccc2n(Cc2nc(-c3cccc(Br)c3)no2)c1=O. The molecule has 7 nitrogen and oxygen atoms in total. The van der Waals surface area contributed by atoms with Gasteiger partial charge < -0.3 is 4.52 Å². The van der Waals surface area contributed by atoms with Gasteiger partial charge in [-0.2, -0.15) is 4.98 Å². The minimum Gasteiger partial charge on any atom is -0.337 e. The van der Waals surface area contributed by atoms with Crippen molar-refractivity contribution in [2.75, 3.05) is 0 Å². The molecular formula is C21H19BrN4O3. The van der Waals surface area contributed by atoms with Crippen molar-refractivity contribution in [2.45, 2.75) is 32.9 Å². The zero-order valence-corrected chi connectivity index (χ0v) is 17.6.